The van der Waals surface area contributed by atoms with Crippen molar-refractivity contribution in [2.24, 2.45) is 0 Å². The van der Waals surface area contributed by atoms with Crippen LogP contribution in [0.1, 0.15) is 5.69 Å². The molecule has 0 amide bonds. The van der Waals surface area contributed by atoms with E-state index in [0.29, 0.717) is 41.4 Å². The monoisotopic (exact) mass is 398 g/mol. The van der Waals surface area contributed by atoms with Gasteiger partial charge < -0.3 is 0 Å². The van der Waals surface area contributed by atoms with Gasteiger partial charge >= 0.3 is 0 Å². The van der Waals surface area contributed by atoms with Gasteiger partial charge in [0.05, 0.1) is 4.34 Å². The predicted octanol–water partition coefficient (Wildman–Crippen LogP) is 2.41. The van der Waals surface area contributed by atoms with Gasteiger partial charge in [-0.25, -0.2) is 8.42 Å². The molecule has 0 spiro atoms. The van der Waals surface area contributed by atoms with Crippen molar-refractivity contribution in [3.8, 4) is 0 Å². The van der Waals surface area contributed by atoms with Crippen molar-refractivity contribution in [2.75, 3.05) is 26.2 Å². The molecule has 22 heavy (non-hydrogen) atoms. The second-order valence-electron chi connectivity index (χ2n) is 4.73. The van der Waals surface area contributed by atoms with Gasteiger partial charge in [0.15, 0.2) is 0 Å². The van der Waals surface area contributed by atoms with Crippen LogP contribution in [0.5, 0.6) is 0 Å². The Bertz CT molecular complexity index is 753. The number of aromatic nitrogens is 2. The van der Waals surface area contributed by atoms with E-state index in [9.17, 15) is 8.42 Å². The summed E-state index contributed by atoms with van der Waals surface area (Å²) in [5, 5.41) is 3.98. The van der Waals surface area contributed by atoms with E-state index in [1.165, 1.54) is 4.31 Å². The molecule has 0 aromatic carbocycles. The highest BCUT2D eigenvalue weighted by Gasteiger charge is 2.30. The van der Waals surface area contributed by atoms with Gasteiger partial charge in [0.1, 0.15) is 14.2 Å². The summed E-state index contributed by atoms with van der Waals surface area (Å²) in [4.78, 5) is 2.12. The van der Waals surface area contributed by atoms with Crippen molar-refractivity contribution < 1.29 is 8.42 Å². The summed E-state index contributed by atoms with van der Waals surface area (Å²) in [6.07, 6.45) is 0. The quantitative estimate of drug-likeness (QED) is 0.790. The third-order valence-corrected chi connectivity index (χ3v) is 7.94. The third kappa shape index (κ3) is 3.45. The normalized spacial score (nSPS) is 17.9. The van der Waals surface area contributed by atoms with Crippen LogP contribution in [-0.4, -0.2) is 53.4 Å². The fraction of sp³-hybridized carbons (Fsp3) is 0.455. The zero-order valence-electron chi connectivity index (χ0n) is 11.3. The number of sulfonamides is 1. The number of halogens is 2. The lowest BCUT2D eigenvalue weighted by Crippen LogP contribution is -2.48. The standard InChI is InChI=1S/C11H12Cl2N4O2S3/c12-9-1-2-10(20-9)22(18,19)17-5-3-16(4-6-17)7-8-11(13)21-15-14-8/h1-2H,3-7H2. The summed E-state index contributed by atoms with van der Waals surface area (Å²) < 4.78 is 31.6. The summed E-state index contributed by atoms with van der Waals surface area (Å²) >= 11 is 14.1. The van der Waals surface area contributed by atoms with E-state index in [1.807, 2.05) is 0 Å². The summed E-state index contributed by atoms with van der Waals surface area (Å²) in [6.45, 7) is 2.73. The van der Waals surface area contributed by atoms with Crippen LogP contribution in [0.2, 0.25) is 8.67 Å². The van der Waals surface area contributed by atoms with Crippen molar-refractivity contribution in [3.63, 3.8) is 0 Å². The molecule has 0 unspecified atom stereocenters. The first kappa shape index (κ1) is 16.6. The van der Waals surface area contributed by atoms with Gasteiger partial charge in [-0.2, -0.15) is 4.31 Å². The fourth-order valence-electron chi connectivity index (χ4n) is 2.19. The van der Waals surface area contributed by atoms with E-state index < -0.39 is 10.0 Å². The lowest BCUT2D eigenvalue weighted by molar-refractivity contribution is 0.180. The van der Waals surface area contributed by atoms with Gasteiger partial charge in [0, 0.05) is 44.3 Å². The van der Waals surface area contributed by atoms with Crippen molar-refractivity contribution in [2.45, 2.75) is 10.8 Å². The van der Waals surface area contributed by atoms with Crippen LogP contribution in [-0.2, 0) is 16.6 Å². The maximum atomic E-state index is 12.5. The van der Waals surface area contributed by atoms with Gasteiger partial charge in [-0.05, 0) is 12.1 Å². The smallest absolute Gasteiger partial charge is 0.252 e. The minimum absolute atomic E-state index is 0.290. The summed E-state index contributed by atoms with van der Waals surface area (Å²) in [5.41, 5.74) is 0.744. The molecule has 1 aliphatic rings. The maximum Gasteiger partial charge on any atom is 0.252 e. The first-order valence-electron chi connectivity index (χ1n) is 6.41. The highest BCUT2D eigenvalue weighted by molar-refractivity contribution is 7.91. The van der Waals surface area contributed by atoms with Gasteiger partial charge in [-0.3, -0.25) is 4.90 Å². The zero-order chi connectivity index (χ0) is 15.7. The molecule has 0 atom stereocenters. The molecule has 0 saturated carbocycles. The highest BCUT2D eigenvalue weighted by Crippen LogP contribution is 2.29. The molecule has 2 aromatic rings. The minimum Gasteiger partial charge on any atom is -0.295 e. The Kier molecular flexibility index (Phi) is 5.03. The highest BCUT2D eigenvalue weighted by atomic mass is 35.5. The molecular formula is C11H12Cl2N4O2S3. The van der Waals surface area contributed by atoms with Gasteiger partial charge in [0.2, 0.25) is 0 Å². The summed E-state index contributed by atoms with van der Waals surface area (Å²) in [5.74, 6) is 0. The molecule has 1 fully saturated rings. The van der Waals surface area contributed by atoms with E-state index in [0.717, 1.165) is 28.6 Å². The van der Waals surface area contributed by atoms with E-state index in [-0.39, 0.29) is 4.21 Å². The van der Waals surface area contributed by atoms with Crippen molar-refractivity contribution >= 4 is 56.1 Å². The molecule has 0 N–H and O–H groups in total. The number of piperazine rings is 1. The van der Waals surface area contributed by atoms with Crippen LogP contribution in [0.3, 0.4) is 0 Å². The second-order valence-corrected chi connectivity index (χ2v) is 9.97. The lowest BCUT2D eigenvalue weighted by Gasteiger charge is -2.33. The van der Waals surface area contributed by atoms with Crippen LogP contribution in [0.25, 0.3) is 0 Å². The van der Waals surface area contributed by atoms with Crippen LogP contribution in [0.15, 0.2) is 16.3 Å². The molecule has 0 radical (unpaired) electrons. The molecule has 3 heterocycles. The molecule has 1 saturated heterocycles. The van der Waals surface area contributed by atoms with Gasteiger partial charge in [-0.15, -0.1) is 16.4 Å². The van der Waals surface area contributed by atoms with Gasteiger partial charge in [-0.1, -0.05) is 27.7 Å². The predicted molar refractivity (Wildman–Crippen MR) is 88.3 cm³/mol. The Labute approximate surface area is 146 Å². The summed E-state index contributed by atoms with van der Waals surface area (Å²) in [6, 6.07) is 3.15. The molecular weight excluding hydrogens is 387 g/mol. The first-order chi connectivity index (χ1) is 10.5. The molecule has 3 rings (SSSR count). The second kappa shape index (κ2) is 6.68. The molecule has 1 aliphatic heterocycles. The molecule has 2 aromatic heterocycles. The zero-order valence-corrected chi connectivity index (χ0v) is 15.2. The molecule has 0 aliphatic carbocycles. The van der Waals surface area contributed by atoms with E-state index in [2.05, 4.69) is 14.5 Å². The van der Waals surface area contributed by atoms with Crippen LogP contribution in [0.4, 0.5) is 0 Å². The number of thiophene rings is 1. The molecule has 11 heteroatoms. The molecule has 6 nitrogen and oxygen atoms in total. The molecule has 120 valence electrons. The van der Waals surface area contributed by atoms with E-state index >= 15 is 0 Å². The Morgan fingerprint density at radius 3 is 2.45 bits per heavy atom. The SMILES string of the molecule is O=S(=O)(c1ccc(Cl)s1)N1CCN(Cc2nnsc2Cl)CC1. The largest absolute Gasteiger partial charge is 0.295 e. The minimum atomic E-state index is -3.45. The van der Waals surface area contributed by atoms with Crippen molar-refractivity contribution in [1.29, 1.82) is 0 Å². The third-order valence-electron chi connectivity index (χ3n) is 3.36. The fourth-order valence-corrected chi connectivity index (χ4v) is 5.87. The Hall–Kier alpha value is -0.290. The van der Waals surface area contributed by atoms with Crippen LogP contribution >= 0.6 is 46.1 Å². The van der Waals surface area contributed by atoms with Crippen LogP contribution < -0.4 is 0 Å². The Balaban J connectivity index is 1.63. The first-order valence-corrected chi connectivity index (χ1v) is 10.2. The number of nitrogens with zero attached hydrogens (tertiary/aromatic N) is 4. The molecule has 0 bridgehead atoms. The van der Waals surface area contributed by atoms with Crippen molar-refractivity contribution in [1.82, 2.24) is 18.8 Å². The van der Waals surface area contributed by atoms with Crippen LogP contribution in [0, 0.1) is 0 Å². The van der Waals surface area contributed by atoms with Gasteiger partial charge in [0.25, 0.3) is 10.0 Å². The van der Waals surface area contributed by atoms with E-state index in [1.54, 1.807) is 12.1 Å². The Morgan fingerprint density at radius 1 is 1.18 bits per heavy atom. The average molecular weight is 399 g/mol. The Morgan fingerprint density at radius 2 is 1.91 bits per heavy atom. The topological polar surface area (TPSA) is 66.4 Å². The summed E-state index contributed by atoms with van der Waals surface area (Å²) in [7, 11) is -3.45. The number of rotatable bonds is 4. The lowest BCUT2D eigenvalue weighted by atomic mass is 10.3. The van der Waals surface area contributed by atoms with Crippen molar-refractivity contribution in [3.05, 3.63) is 26.5 Å². The number of hydrogen-bond donors (Lipinski definition) is 0. The maximum absolute atomic E-state index is 12.5. The number of hydrogen-bond acceptors (Lipinski definition) is 7. The average Bonchev–Trinajstić information content (AvgIpc) is 3.09. The van der Waals surface area contributed by atoms with E-state index in [4.69, 9.17) is 23.2 Å².